The first kappa shape index (κ1) is 14.4. The molecule has 0 atom stereocenters. The average Bonchev–Trinajstić information content (AvgIpc) is 3.20. The number of carbonyl (C=O) groups is 4. The largest absolute Gasteiger partial charge is 0.468 e. The number of hydrogen-bond donors (Lipinski definition) is 0. The molecule has 0 aromatic heterocycles. The Morgan fingerprint density at radius 1 is 0.609 bits per heavy atom. The number of esters is 4. The van der Waals surface area contributed by atoms with Gasteiger partial charge in [0.25, 0.3) is 0 Å². The van der Waals surface area contributed by atoms with Crippen molar-refractivity contribution in [1.82, 2.24) is 0 Å². The molecule has 0 aromatic rings. The summed E-state index contributed by atoms with van der Waals surface area (Å²) in [5.41, 5.74) is -6.36. The fourth-order valence-electron chi connectivity index (χ4n) is 5.79. The molecule has 23 heavy (non-hydrogen) atoms. The molecule has 2 heterocycles. The molecule has 0 radical (unpaired) electrons. The first-order chi connectivity index (χ1) is 10.9. The monoisotopic (exact) mass is 326 g/mol. The molecule has 9 nitrogen and oxygen atoms in total. The van der Waals surface area contributed by atoms with Crippen molar-refractivity contribution >= 4 is 23.9 Å². The van der Waals surface area contributed by atoms with E-state index in [1.807, 2.05) is 0 Å². The maximum atomic E-state index is 12.5. The lowest BCUT2D eigenvalue weighted by Gasteiger charge is -2.41. The van der Waals surface area contributed by atoms with Crippen LogP contribution in [0.15, 0.2) is 0 Å². The number of ether oxygens (including phenoxy) is 5. The molecular weight excluding hydrogens is 312 g/mol. The van der Waals surface area contributed by atoms with Gasteiger partial charge in [-0.25, -0.2) is 0 Å². The average molecular weight is 326 g/mol. The highest BCUT2D eigenvalue weighted by atomic mass is 16.6. The van der Waals surface area contributed by atoms with Gasteiger partial charge in [-0.05, 0) is 0 Å². The van der Waals surface area contributed by atoms with E-state index >= 15 is 0 Å². The zero-order valence-corrected chi connectivity index (χ0v) is 12.8. The van der Waals surface area contributed by atoms with Gasteiger partial charge in [0, 0.05) is 0 Å². The van der Waals surface area contributed by atoms with Gasteiger partial charge >= 0.3 is 23.9 Å². The molecule has 2 saturated heterocycles. The summed E-state index contributed by atoms with van der Waals surface area (Å²) >= 11 is 0. The van der Waals surface area contributed by atoms with E-state index in [2.05, 4.69) is 0 Å². The summed E-state index contributed by atoms with van der Waals surface area (Å²) < 4.78 is 24.9. The molecule has 0 unspecified atom stereocenters. The molecular formula is C14H14O9. The van der Waals surface area contributed by atoms with Crippen molar-refractivity contribution in [1.29, 1.82) is 0 Å². The Hall–Kier alpha value is -2.16. The van der Waals surface area contributed by atoms with Crippen LogP contribution in [0.1, 0.15) is 0 Å². The molecule has 0 aromatic carbocycles. The molecule has 2 bridgehead atoms. The smallest absolute Gasteiger partial charge is 0.317 e. The van der Waals surface area contributed by atoms with Crippen molar-refractivity contribution < 1.29 is 42.9 Å². The zero-order chi connectivity index (χ0) is 17.0. The molecule has 5 aliphatic rings. The summed E-state index contributed by atoms with van der Waals surface area (Å²) in [6.45, 7) is 0. The van der Waals surface area contributed by atoms with Gasteiger partial charge in [-0.1, -0.05) is 0 Å². The van der Waals surface area contributed by atoms with Crippen molar-refractivity contribution in [2.75, 3.05) is 28.4 Å². The summed E-state index contributed by atoms with van der Waals surface area (Å²) in [7, 11) is 4.56. The predicted octanol–water partition coefficient (Wildman–Crippen LogP) is -1.57. The standard InChI is InChI=1S/C14H14O9/c1-19-7(15)11-5-12(11,8(16)20-2)14(10(18)22-4)6(23-5)13(11,14)9(17)21-3/h5-6H,1-4H3. The number of rotatable bonds is 4. The van der Waals surface area contributed by atoms with Crippen LogP contribution in [0.2, 0.25) is 0 Å². The van der Waals surface area contributed by atoms with Gasteiger partial charge < -0.3 is 23.7 Å². The molecule has 5 rings (SSSR count). The minimum Gasteiger partial charge on any atom is -0.468 e. The summed E-state index contributed by atoms with van der Waals surface area (Å²) in [5, 5.41) is 0. The van der Waals surface area contributed by atoms with Gasteiger partial charge in [0.05, 0.1) is 40.6 Å². The van der Waals surface area contributed by atoms with Gasteiger partial charge in [-0.3, -0.25) is 19.2 Å². The normalized spacial score (nSPS) is 49.2. The second kappa shape index (κ2) is 3.50. The molecule has 0 spiro atoms. The molecule has 0 N–H and O–H groups in total. The SMILES string of the molecule is COC(=O)C12C3OC4C1(C(=O)OC)C4(C(=O)OC)C32C(=O)OC. The Bertz CT molecular complexity index is 570. The van der Waals surface area contributed by atoms with E-state index in [-0.39, 0.29) is 0 Å². The van der Waals surface area contributed by atoms with Gasteiger partial charge in [0.2, 0.25) is 0 Å². The molecule has 5 fully saturated rings. The van der Waals surface area contributed by atoms with Crippen LogP contribution in [0.4, 0.5) is 0 Å². The maximum Gasteiger partial charge on any atom is 0.317 e. The van der Waals surface area contributed by atoms with E-state index in [1.54, 1.807) is 0 Å². The lowest BCUT2D eigenvalue weighted by atomic mass is 9.56. The van der Waals surface area contributed by atoms with Crippen LogP contribution in [0.25, 0.3) is 0 Å². The minimum absolute atomic E-state index is 0.794. The number of carbonyl (C=O) groups excluding carboxylic acids is 4. The molecule has 3 aliphatic carbocycles. The van der Waals surface area contributed by atoms with E-state index in [0.29, 0.717) is 0 Å². The van der Waals surface area contributed by atoms with Crippen LogP contribution >= 0.6 is 0 Å². The summed E-state index contributed by atoms with van der Waals surface area (Å²) in [6, 6.07) is 0. The Kier molecular flexibility index (Phi) is 2.20. The summed E-state index contributed by atoms with van der Waals surface area (Å²) in [5.74, 6) is -3.17. The van der Waals surface area contributed by atoms with Crippen LogP contribution in [-0.4, -0.2) is 64.5 Å². The Balaban J connectivity index is 1.97. The Morgan fingerprint density at radius 3 is 1.00 bits per heavy atom. The molecule has 124 valence electrons. The number of methoxy groups -OCH3 is 4. The highest BCUT2D eigenvalue weighted by molar-refractivity contribution is 6.21. The van der Waals surface area contributed by atoms with Crippen LogP contribution in [0, 0.1) is 21.7 Å². The second-order valence-corrected chi connectivity index (χ2v) is 6.09. The maximum absolute atomic E-state index is 12.5. The van der Waals surface area contributed by atoms with Crippen LogP contribution in [0.3, 0.4) is 0 Å². The fraction of sp³-hybridized carbons (Fsp3) is 0.714. The fourth-order valence-corrected chi connectivity index (χ4v) is 5.79. The van der Waals surface area contributed by atoms with Gasteiger partial charge in [0.1, 0.15) is 21.7 Å². The minimum atomic E-state index is -1.59. The molecule has 2 aliphatic heterocycles. The summed E-state index contributed by atoms with van der Waals surface area (Å²) in [4.78, 5) is 49.9. The highest BCUT2D eigenvalue weighted by Gasteiger charge is 3.29. The summed E-state index contributed by atoms with van der Waals surface area (Å²) in [6.07, 6.45) is -1.92. The van der Waals surface area contributed by atoms with Crippen LogP contribution in [0.5, 0.6) is 0 Å². The van der Waals surface area contributed by atoms with Gasteiger partial charge in [-0.15, -0.1) is 0 Å². The molecule has 9 heteroatoms. The lowest BCUT2D eigenvalue weighted by Crippen LogP contribution is -2.60. The van der Waals surface area contributed by atoms with Gasteiger partial charge in [-0.2, -0.15) is 0 Å². The Labute approximate surface area is 130 Å². The van der Waals surface area contributed by atoms with Crippen LogP contribution in [-0.2, 0) is 42.9 Å². The van der Waals surface area contributed by atoms with Crippen molar-refractivity contribution in [2.45, 2.75) is 12.2 Å². The van der Waals surface area contributed by atoms with Crippen molar-refractivity contribution in [3.63, 3.8) is 0 Å². The van der Waals surface area contributed by atoms with E-state index in [9.17, 15) is 19.2 Å². The van der Waals surface area contributed by atoms with Crippen molar-refractivity contribution in [3.05, 3.63) is 0 Å². The van der Waals surface area contributed by atoms with E-state index in [1.165, 1.54) is 0 Å². The number of hydrogen-bond acceptors (Lipinski definition) is 9. The third kappa shape index (κ3) is 0.782. The third-order valence-electron chi connectivity index (χ3n) is 6.20. The zero-order valence-electron chi connectivity index (χ0n) is 12.8. The highest BCUT2D eigenvalue weighted by Crippen LogP contribution is 3.10. The lowest BCUT2D eigenvalue weighted by molar-refractivity contribution is -0.196. The Morgan fingerprint density at radius 2 is 0.826 bits per heavy atom. The van der Waals surface area contributed by atoms with Crippen molar-refractivity contribution in [3.8, 4) is 0 Å². The third-order valence-corrected chi connectivity index (χ3v) is 6.20. The first-order valence-corrected chi connectivity index (χ1v) is 6.89. The van der Waals surface area contributed by atoms with Crippen LogP contribution < -0.4 is 0 Å². The predicted molar refractivity (Wildman–Crippen MR) is 66.5 cm³/mol. The second-order valence-electron chi connectivity index (χ2n) is 6.09. The quantitative estimate of drug-likeness (QED) is 0.446. The topological polar surface area (TPSA) is 114 Å². The van der Waals surface area contributed by atoms with E-state index in [0.717, 1.165) is 28.4 Å². The van der Waals surface area contributed by atoms with E-state index in [4.69, 9.17) is 23.7 Å². The molecule has 3 saturated carbocycles. The molecule has 0 amide bonds. The van der Waals surface area contributed by atoms with Crippen molar-refractivity contribution in [2.24, 2.45) is 21.7 Å². The first-order valence-electron chi connectivity index (χ1n) is 6.89. The van der Waals surface area contributed by atoms with E-state index < -0.39 is 57.7 Å². The van der Waals surface area contributed by atoms with Gasteiger partial charge in [0.15, 0.2) is 0 Å².